The van der Waals surface area contributed by atoms with Crippen molar-refractivity contribution in [1.82, 2.24) is 20.0 Å². The second kappa shape index (κ2) is 8.42. The number of carbonyl (C=O) groups is 1. The van der Waals surface area contributed by atoms with E-state index >= 15 is 0 Å². The van der Waals surface area contributed by atoms with E-state index in [4.69, 9.17) is 9.47 Å². The molecule has 2 heterocycles. The Kier molecular flexibility index (Phi) is 5.73. The largest absolute Gasteiger partial charge is 0.497 e. The number of rotatable bonds is 6. The molecule has 0 spiro atoms. The lowest BCUT2D eigenvalue weighted by molar-refractivity contribution is 0.0138. The molecule has 1 aliphatic carbocycles. The van der Waals surface area contributed by atoms with E-state index in [1.165, 1.54) is 0 Å². The van der Waals surface area contributed by atoms with Crippen LogP contribution in [0.4, 0.5) is 0 Å². The number of hydrogen-bond acceptors (Lipinski definition) is 6. The lowest BCUT2D eigenvalue weighted by atomic mass is 10.1. The number of aromatic nitrogens is 2. The molecule has 1 saturated carbocycles. The van der Waals surface area contributed by atoms with Gasteiger partial charge >= 0.3 is 0 Å². The number of benzene rings is 1. The van der Waals surface area contributed by atoms with Crippen molar-refractivity contribution in [3.05, 3.63) is 42.2 Å². The van der Waals surface area contributed by atoms with Crippen molar-refractivity contribution < 1.29 is 19.4 Å². The van der Waals surface area contributed by atoms with Crippen LogP contribution in [0.5, 0.6) is 11.5 Å². The van der Waals surface area contributed by atoms with Crippen LogP contribution in [0, 0.1) is 0 Å². The molecule has 2 N–H and O–H groups in total. The fourth-order valence-electron chi connectivity index (χ4n) is 4.45. The van der Waals surface area contributed by atoms with Gasteiger partial charge in [-0.2, -0.15) is 5.10 Å². The Hall–Kier alpha value is -2.58. The van der Waals surface area contributed by atoms with Gasteiger partial charge in [0.25, 0.3) is 5.91 Å². The molecule has 4 atom stereocenters. The van der Waals surface area contributed by atoms with Crippen molar-refractivity contribution in [2.75, 3.05) is 20.2 Å². The van der Waals surface area contributed by atoms with Gasteiger partial charge in [0.2, 0.25) is 0 Å². The molecule has 0 radical (unpaired) electrons. The summed E-state index contributed by atoms with van der Waals surface area (Å²) in [4.78, 5) is 15.0. The molecule has 1 aromatic carbocycles. The van der Waals surface area contributed by atoms with E-state index in [0.29, 0.717) is 23.6 Å². The molecule has 156 valence electrons. The summed E-state index contributed by atoms with van der Waals surface area (Å²) >= 11 is 0. The Bertz CT molecular complexity index is 849. The number of methoxy groups -OCH3 is 1. The van der Waals surface area contributed by atoms with Crippen LogP contribution in [0.3, 0.4) is 0 Å². The lowest BCUT2D eigenvalue weighted by Gasteiger charge is -2.31. The molecule has 8 nitrogen and oxygen atoms in total. The maximum absolute atomic E-state index is 12.8. The number of aliphatic hydroxyl groups excluding tert-OH is 1. The second-order valence-corrected chi connectivity index (χ2v) is 7.72. The number of amides is 1. The normalized spacial score (nSPS) is 27.1. The van der Waals surface area contributed by atoms with Crippen molar-refractivity contribution in [3.8, 4) is 11.5 Å². The predicted molar refractivity (Wildman–Crippen MR) is 107 cm³/mol. The topological polar surface area (TPSA) is 88.8 Å². The molecule has 1 saturated heterocycles. The fraction of sp³-hybridized carbons (Fsp3) is 0.524. The Morgan fingerprint density at radius 3 is 2.69 bits per heavy atom. The first-order chi connectivity index (χ1) is 14.1. The van der Waals surface area contributed by atoms with E-state index in [0.717, 1.165) is 25.9 Å². The summed E-state index contributed by atoms with van der Waals surface area (Å²) in [6, 6.07) is 8.67. The monoisotopic (exact) mass is 400 g/mol. The van der Waals surface area contributed by atoms with E-state index in [1.54, 1.807) is 37.2 Å². The molecule has 4 rings (SSSR count). The quantitative estimate of drug-likeness (QED) is 0.758. The highest BCUT2D eigenvalue weighted by Gasteiger charge is 2.48. The Balaban J connectivity index is 1.52. The molecular formula is C21H28N4O4. The number of nitrogens with zero attached hydrogens (tertiary/aromatic N) is 3. The predicted octanol–water partition coefficient (Wildman–Crippen LogP) is 1.20. The van der Waals surface area contributed by atoms with Crippen molar-refractivity contribution in [2.24, 2.45) is 7.05 Å². The maximum Gasteiger partial charge on any atom is 0.269 e. The third-order valence-electron chi connectivity index (χ3n) is 5.89. The van der Waals surface area contributed by atoms with Crippen LogP contribution in [0.15, 0.2) is 36.5 Å². The summed E-state index contributed by atoms with van der Waals surface area (Å²) < 4.78 is 12.9. The molecule has 1 aromatic heterocycles. The summed E-state index contributed by atoms with van der Waals surface area (Å²) in [5.41, 5.74) is 0.497. The highest BCUT2D eigenvalue weighted by atomic mass is 16.5. The fourth-order valence-corrected chi connectivity index (χ4v) is 4.45. The molecule has 0 unspecified atom stereocenters. The average Bonchev–Trinajstić information content (AvgIpc) is 3.44. The van der Waals surface area contributed by atoms with Crippen LogP contribution >= 0.6 is 0 Å². The number of nitrogens with one attached hydrogen (secondary N) is 1. The van der Waals surface area contributed by atoms with E-state index in [9.17, 15) is 9.90 Å². The maximum atomic E-state index is 12.8. The molecular weight excluding hydrogens is 372 g/mol. The van der Waals surface area contributed by atoms with Gasteiger partial charge in [0.1, 0.15) is 29.4 Å². The van der Waals surface area contributed by atoms with Crippen molar-refractivity contribution in [3.63, 3.8) is 0 Å². The lowest BCUT2D eigenvalue weighted by Crippen LogP contribution is -2.52. The van der Waals surface area contributed by atoms with Gasteiger partial charge in [-0.15, -0.1) is 0 Å². The Morgan fingerprint density at radius 1 is 1.24 bits per heavy atom. The van der Waals surface area contributed by atoms with E-state index in [1.807, 2.05) is 18.2 Å². The number of carbonyl (C=O) groups excluding carboxylic acids is 1. The van der Waals surface area contributed by atoms with Crippen molar-refractivity contribution >= 4 is 5.91 Å². The summed E-state index contributed by atoms with van der Waals surface area (Å²) in [6.07, 6.45) is 3.23. The van der Waals surface area contributed by atoms with Crippen molar-refractivity contribution in [1.29, 1.82) is 0 Å². The summed E-state index contributed by atoms with van der Waals surface area (Å²) in [7, 11) is 3.35. The smallest absolute Gasteiger partial charge is 0.269 e. The van der Waals surface area contributed by atoms with Crippen LogP contribution in [0.1, 0.15) is 29.8 Å². The van der Waals surface area contributed by atoms with E-state index < -0.39 is 12.2 Å². The summed E-state index contributed by atoms with van der Waals surface area (Å²) in [5, 5.41) is 18.3. The zero-order valence-corrected chi connectivity index (χ0v) is 16.8. The van der Waals surface area contributed by atoms with Gasteiger partial charge in [0, 0.05) is 25.7 Å². The van der Waals surface area contributed by atoms with Gasteiger partial charge in [-0.05, 0) is 44.1 Å². The van der Waals surface area contributed by atoms with Gasteiger partial charge in [-0.1, -0.05) is 6.07 Å². The third-order valence-corrected chi connectivity index (χ3v) is 5.89. The Morgan fingerprint density at radius 2 is 2.00 bits per heavy atom. The van der Waals surface area contributed by atoms with Crippen LogP contribution in [-0.4, -0.2) is 70.2 Å². The first-order valence-corrected chi connectivity index (χ1v) is 10.1. The van der Waals surface area contributed by atoms with Gasteiger partial charge in [-0.3, -0.25) is 14.4 Å². The molecule has 1 amide bonds. The van der Waals surface area contributed by atoms with Crippen LogP contribution in [0.25, 0.3) is 0 Å². The zero-order valence-electron chi connectivity index (χ0n) is 16.8. The van der Waals surface area contributed by atoms with Gasteiger partial charge in [0.15, 0.2) is 0 Å². The molecule has 29 heavy (non-hydrogen) atoms. The van der Waals surface area contributed by atoms with Gasteiger partial charge < -0.3 is 19.9 Å². The van der Waals surface area contributed by atoms with E-state index in [2.05, 4.69) is 15.3 Å². The standard InChI is InChI=1S/C21H28N4O4/c1-24-17(8-9-22-24)21(27)23-16-13-18(20(26)19(16)25-10-3-4-11-25)29-15-7-5-6-14(12-15)28-2/h5-9,12,16,18-20,26H,3-4,10-11,13H2,1-2H3,(H,23,27)/t16-,18-,19+,20+/m1/s1. The number of hydrogen-bond donors (Lipinski definition) is 2. The molecule has 2 fully saturated rings. The van der Waals surface area contributed by atoms with E-state index in [-0.39, 0.29) is 18.0 Å². The summed E-state index contributed by atoms with van der Waals surface area (Å²) in [6.45, 7) is 1.84. The third kappa shape index (κ3) is 4.09. The van der Waals surface area contributed by atoms with Crippen molar-refractivity contribution in [2.45, 2.75) is 43.6 Å². The second-order valence-electron chi connectivity index (χ2n) is 7.72. The number of aryl methyl sites for hydroxylation is 1. The average molecular weight is 400 g/mol. The SMILES string of the molecule is COc1cccc(O[C@@H]2C[C@@H](NC(=O)c3ccnn3C)[C@H](N3CCCC3)[C@H]2O)c1. The Labute approximate surface area is 170 Å². The molecule has 2 aromatic rings. The first kappa shape index (κ1) is 19.7. The minimum absolute atomic E-state index is 0.176. The summed E-state index contributed by atoms with van der Waals surface area (Å²) in [5.74, 6) is 1.16. The van der Waals surface area contributed by atoms with Crippen LogP contribution in [-0.2, 0) is 7.05 Å². The van der Waals surface area contributed by atoms with Gasteiger partial charge in [0.05, 0.1) is 19.2 Å². The minimum Gasteiger partial charge on any atom is -0.497 e. The molecule has 8 heteroatoms. The van der Waals surface area contributed by atoms with Crippen LogP contribution < -0.4 is 14.8 Å². The zero-order chi connectivity index (χ0) is 20.4. The minimum atomic E-state index is -0.698. The van der Waals surface area contributed by atoms with Crippen LogP contribution in [0.2, 0.25) is 0 Å². The highest BCUT2D eigenvalue weighted by Crippen LogP contribution is 2.32. The number of likely N-dealkylation sites (tertiary alicyclic amines) is 1. The number of aliphatic hydroxyl groups is 1. The molecule has 2 aliphatic rings. The highest BCUT2D eigenvalue weighted by molar-refractivity contribution is 5.92. The molecule has 0 bridgehead atoms. The number of ether oxygens (including phenoxy) is 2. The van der Waals surface area contributed by atoms with Gasteiger partial charge in [-0.25, -0.2) is 0 Å². The molecule has 1 aliphatic heterocycles. The first-order valence-electron chi connectivity index (χ1n) is 10.1.